The Labute approximate surface area is 124 Å². The average Bonchev–Trinajstić information content (AvgIpc) is 2.79. The van der Waals surface area contributed by atoms with E-state index < -0.39 is 0 Å². The molecule has 0 radical (unpaired) electrons. The highest BCUT2D eigenvalue weighted by atomic mass is 14.9. The molecular formula is C19H18N2. The number of nitrogens with zero attached hydrogens (tertiary/aromatic N) is 2. The second kappa shape index (κ2) is 4.93. The fraction of sp³-hybridized carbons (Fsp3) is 0.316. The second-order valence-electron chi connectivity index (χ2n) is 5.95. The molecule has 2 aromatic heterocycles. The molecule has 3 aromatic rings. The summed E-state index contributed by atoms with van der Waals surface area (Å²) in [7, 11) is 0. The van der Waals surface area contributed by atoms with Gasteiger partial charge in [0.25, 0.3) is 0 Å². The minimum atomic E-state index is 0.854. The zero-order valence-corrected chi connectivity index (χ0v) is 12.1. The Hall–Kier alpha value is -2.27. The maximum Gasteiger partial charge on any atom is 0.128 e. The lowest BCUT2D eigenvalue weighted by Crippen LogP contribution is -1.98. The number of hydrogen-bond donors (Lipinski definition) is 0. The molecule has 4 rings (SSSR count). The molecule has 21 heavy (non-hydrogen) atoms. The molecule has 104 valence electrons. The van der Waals surface area contributed by atoms with Gasteiger partial charge in [0, 0.05) is 11.6 Å². The molecule has 0 aliphatic heterocycles. The van der Waals surface area contributed by atoms with Gasteiger partial charge in [-0.3, -0.25) is 0 Å². The molecule has 1 aliphatic carbocycles. The maximum atomic E-state index is 9.64. The summed E-state index contributed by atoms with van der Waals surface area (Å²) >= 11 is 0. The zero-order valence-electron chi connectivity index (χ0n) is 12.1. The third-order valence-electron chi connectivity index (χ3n) is 4.75. The van der Waals surface area contributed by atoms with Gasteiger partial charge in [0.15, 0.2) is 0 Å². The van der Waals surface area contributed by atoms with Crippen molar-refractivity contribution in [3.63, 3.8) is 0 Å². The summed E-state index contributed by atoms with van der Waals surface area (Å²) in [5, 5.41) is 12.2. The normalized spacial score (nSPS) is 15.4. The van der Waals surface area contributed by atoms with Crippen LogP contribution >= 0.6 is 0 Å². The van der Waals surface area contributed by atoms with Crippen LogP contribution in [-0.4, -0.2) is 4.40 Å². The fourth-order valence-electron chi connectivity index (χ4n) is 3.76. The van der Waals surface area contributed by atoms with Gasteiger partial charge in [-0.1, -0.05) is 37.1 Å². The van der Waals surface area contributed by atoms with Crippen LogP contribution in [-0.2, 0) is 12.8 Å². The van der Waals surface area contributed by atoms with Crippen LogP contribution in [0.3, 0.4) is 0 Å². The lowest BCUT2D eigenvalue weighted by molar-refractivity contribution is 0.620. The first-order valence-electron chi connectivity index (χ1n) is 7.84. The number of fused-ring (bicyclic) bond motifs is 5. The van der Waals surface area contributed by atoms with Gasteiger partial charge in [0.2, 0.25) is 0 Å². The predicted molar refractivity (Wildman–Crippen MR) is 85.5 cm³/mol. The van der Waals surface area contributed by atoms with E-state index in [0.29, 0.717) is 0 Å². The van der Waals surface area contributed by atoms with Crippen molar-refractivity contribution in [1.82, 2.24) is 4.40 Å². The van der Waals surface area contributed by atoms with E-state index in [4.69, 9.17) is 0 Å². The van der Waals surface area contributed by atoms with Crippen LogP contribution in [0.4, 0.5) is 0 Å². The monoisotopic (exact) mass is 274 g/mol. The maximum absolute atomic E-state index is 9.64. The largest absolute Gasteiger partial charge is 0.307 e. The van der Waals surface area contributed by atoms with Crippen LogP contribution in [0.1, 0.15) is 42.5 Å². The Morgan fingerprint density at radius 2 is 1.67 bits per heavy atom. The first kappa shape index (κ1) is 12.5. The molecule has 0 unspecified atom stereocenters. The summed E-state index contributed by atoms with van der Waals surface area (Å²) in [6.45, 7) is 0. The lowest BCUT2D eigenvalue weighted by atomic mass is 9.93. The third-order valence-corrected chi connectivity index (χ3v) is 4.75. The molecule has 0 spiro atoms. The first-order chi connectivity index (χ1) is 10.4. The van der Waals surface area contributed by atoms with Crippen molar-refractivity contribution in [3.05, 3.63) is 53.3 Å². The fourth-order valence-corrected chi connectivity index (χ4v) is 3.76. The van der Waals surface area contributed by atoms with E-state index in [-0.39, 0.29) is 0 Å². The zero-order chi connectivity index (χ0) is 14.2. The number of rotatable bonds is 0. The van der Waals surface area contributed by atoms with E-state index in [1.54, 1.807) is 0 Å². The number of aryl methyl sites for hydroxylation is 1. The highest BCUT2D eigenvalue weighted by Gasteiger charge is 2.20. The van der Waals surface area contributed by atoms with Crippen molar-refractivity contribution in [1.29, 1.82) is 5.26 Å². The summed E-state index contributed by atoms with van der Waals surface area (Å²) in [6.07, 6.45) is 9.27. The number of benzene rings is 1. The average molecular weight is 274 g/mol. The number of nitriles is 1. The Bertz CT molecular complexity index is 865. The van der Waals surface area contributed by atoms with Crippen molar-refractivity contribution in [2.24, 2.45) is 0 Å². The van der Waals surface area contributed by atoms with Crippen molar-refractivity contribution >= 4 is 16.3 Å². The molecule has 0 saturated heterocycles. The SMILES string of the molecule is N#Cc1c2c(c3c4ccccc4ccn13)CCCCCC2. The van der Waals surface area contributed by atoms with Gasteiger partial charge in [0.1, 0.15) is 11.8 Å². The van der Waals surface area contributed by atoms with Crippen LogP contribution in [0.15, 0.2) is 36.5 Å². The summed E-state index contributed by atoms with van der Waals surface area (Å²) in [5.41, 5.74) is 4.84. The molecule has 0 saturated carbocycles. The van der Waals surface area contributed by atoms with Crippen LogP contribution in [0.5, 0.6) is 0 Å². The second-order valence-corrected chi connectivity index (χ2v) is 5.95. The quantitative estimate of drug-likeness (QED) is 0.587. The molecule has 0 fully saturated rings. The molecule has 1 aromatic carbocycles. The molecule has 0 amide bonds. The smallest absolute Gasteiger partial charge is 0.128 e. The van der Waals surface area contributed by atoms with Gasteiger partial charge in [-0.15, -0.1) is 0 Å². The van der Waals surface area contributed by atoms with Gasteiger partial charge in [-0.25, -0.2) is 0 Å². The van der Waals surface area contributed by atoms with Gasteiger partial charge >= 0.3 is 0 Å². The third kappa shape index (κ3) is 1.85. The minimum Gasteiger partial charge on any atom is -0.307 e. The Morgan fingerprint density at radius 3 is 2.48 bits per heavy atom. The van der Waals surface area contributed by atoms with Gasteiger partial charge in [-0.05, 0) is 48.3 Å². The van der Waals surface area contributed by atoms with Crippen LogP contribution < -0.4 is 0 Å². The molecule has 2 nitrogen and oxygen atoms in total. The summed E-state index contributed by atoms with van der Waals surface area (Å²) in [4.78, 5) is 0. The summed E-state index contributed by atoms with van der Waals surface area (Å²) < 4.78 is 2.12. The Morgan fingerprint density at radius 1 is 0.905 bits per heavy atom. The molecule has 0 atom stereocenters. The van der Waals surface area contributed by atoms with E-state index >= 15 is 0 Å². The van der Waals surface area contributed by atoms with Crippen LogP contribution in [0.25, 0.3) is 16.3 Å². The van der Waals surface area contributed by atoms with Crippen molar-refractivity contribution in [2.45, 2.75) is 38.5 Å². The summed E-state index contributed by atoms with van der Waals surface area (Å²) in [6, 6.07) is 13.1. The lowest BCUT2D eigenvalue weighted by Gasteiger charge is -2.10. The molecule has 1 aliphatic rings. The number of aromatic nitrogens is 1. The Balaban J connectivity index is 2.15. The minimum absolute atomic E-state index is 0.854. The predicted octanol–water partition coefficient (Wildman–Crippen LogP) is 4.62. The van der Waals surface area contributed by atoms with Crippen LogP contribution in [0, 0.1) is 11.3 Å². The first-order valence-corrected chi connectivity index (χ1v) is 7.84. The molecule has 0 bridgehead atoms. The van der Waals surface area contributed by atoms with Crippen molar-refractivity contribution in [2.75, 3.05) is 0 Å². The van der Waals surface area contributed by atoms with E-state index in [1.807, 2.05) is 0 Å². The van der Waals surface area contributed by atoms with Crippen LogP contribution in [0.2, 0.25) is 0 Å². The molecule has 0 N–H and O–H groups in total. The number of hydrogen-bond acceptors (Lipinski definition) is 1. The highest BCUT2D eigenvalue weighted by molar-refractivity contribution is 5.98. The topological polar surface area (TPSA) is 28.2 Å². The van der Waals surface area contributed by atoms with Crippen molar-refractivity contribution in [3.8, 4) is 6.07 Å². The van der Waals surface area contributed by atoms with Gasteiger partial charge < -0.3 is 4.40 Å². The van der Waals surface area contributed by atoms with Gasteiger partial charge in [0.05, 0.1) is 5.52 Å². The molecular weight excluding hydrogens is 256 g/mol. The Kier molecular flexibility index (Phi) is 2.93. The molecule has 2 heteroatoms. The molecule has 2 heterocycles. The van der Waals surface area contributed by atoms with Crippen molar-refractivity contribution < 1.29 is 0 Å². The standard InChI is InChI=1S/C19H18N2/c20-13-18-16-9-3-1-2-4-10-17(16)19-15-8-6-5-7-14(15)11-12-21(18)19/h5-8,11-12H,1-4,9-10H2. The van der Waals surface area contributed by atoms with Gasteiger partial charge in [-0.2, -0.15) is 5.26 Å². The highest BCUT2D eigenvalue weighted by Crippen LogP contribution is 2.33. The van der Waals surface area contributed by atoms with E-state index in [2.05, 4.69) is 47.0 Å². The van der Waals surface area contributed by atoms with E-state index in [9.17, 15) is 5.26 Å². The van der Waals surface area contributed by atoms with E-state index in [0.717, 1.165) is 18.5 Å². The van der Waals surface area contributed by atoms with E-state index in [1.165, 1.54) is 53.1 Å². The summed E-state index contributed by atoms with van der Waals surface area (Å²) in [5.74, 6) is 0. The number of pyridine rings is 1.